The lowest BCUT2D eigenvalue weighted by molar-refractivity contribution is 0.102. The van der Waals surface area contributed by atoms with Crippen LogP contribution in [-0.4, -0.2) is 24.8 Å². The summed E-state index contributed by atoms with van der Waals surface area (Å²) in [5.74, 6) is 0.124. The van der Waals surface area contributed by atoms with Gasteiger partial charge < -0.3 is 10.6 Å². The molecule has 1 amide bonds. The van der Waals surface area contributed by atoms with Crippen molar-refractivity contribution in [1.82, 2.24) is 5.32 Å². The molecule has 0 fully saturated rings. The molecule has 22 heavy (non-hydrogen) atoms. The van der Waals surface area contributed by atoms with Gasteiger partial charge in [0, 0.05) is 29.9 Å². The third-order valence-electron chi connectivity index (χ3n) is 3.40. The Labute approximate surface area is 128 Å². The smallest absolute Gasteiger partial charge is 0.255 e. The van der Waals surface area contributed by atoms with E-state index in [2.05, 4.69) is 15.6 Å². The minimum Gasteiger partial charge on any atom is -0.370 e. The van der Waals surface area contributed by atoms with Gasteiger partial charge in [0.1, 0.15) is 11.7 Å². The van der Waals surface area contributed by atoms with Crippen LogP contribution in [0.5, 0.6) is 0 Å². The first kappa shape index (κ1) is 14.3. The summed E-state index contributed by atoms with van der Waals surface area (Å²) in [4.78, 5) is 16.5. The summed E-state index contributed by atoms with van der Waals surface area (Å²) in [5.41, 5.74) is 1.94. The highest BCUT2D eigenvalue weighted by Crippen LogP contribution is 2.13. The number of nitrogens with zero attached hydrogens (tertiary/aromatic N) is 1. The highest BCUT2D eigenvalue weighted by atomic mass is 19.1. The van der Waals surface area contributed by atoms with Crippen LogP contribution in [-0.2, 0) is 0 Å². The van der Waals surface area contributed by atoms with Crippen molar-refractivity contribution in [1.29, 1.82) is 0 Å². The zero-order chi connectivity index (χ0) is 15.4. The third kappa shape index (κ3) is 3.31. The van der Waals surface area contributed by atoms with E-state index in [4.69, 9.17) is 0 Å². The van der Waals surface area contributed by atoms with Crippen LogP contribution in [0.4, 0.5) is 10.1 Å². The Kier molecular flexibility index (Phi) is 4.14. The van der Waals surface area contributed by atoms with Crippen molar-refractivity contribution in [2.75, 3.05) is 18.4 Å². The maximum atomic E-state index is 13.1. The number of hydrogen-bond acceptors (Lipinski definition) is 3. The molecule has 1 aliphatic heterocycles. The molecule has 4 nitrogen and oxygen atoms in total. The van der Waals surface area contributed by atoms with E-state index >= 15 is 0 Å². The van der Waals surface area contributed by atoms with Crippen LogP contribution in [0.1, 0.15) is 22.3 Å². The molecule has 0 aliphatic carbocycles. The van der Waals surface area contributed by atoms with Gasteiger partial charge >= 0.3 is 0 Å². The normalized spacial score (nSPS) is 14.0. The lowest BCUT2D eigenvalue weighted by Gasteiger charge is -2.15. The molecule has 0 saturated heterocycles. The predicted octanol–water partition coefficient (Wildman–Crippen LogP) is 2.82. The first-order valence-electron chi connectivity index (χ1n) is 7.18. The molecule has 2 aromatic rings. The van der Waals surface area contributed by atoms with Gasteiger partial charge in [-0.05, 0) is 48.9 Å². The Morgan fingerprint density at radius 3 is 2.68 bits per heavy atom. The van der Waals surface area contributed by atoms with Gasteiger partial charge in [-0.1, -0.05) is 6.07 Å². The first-order valence-corrected chi connectivity index (χ1v) is 7.18. The van der Waals surface area contributed by atoms with Crippen LogP contribution >= 0.6 is 0 Å². The number of nitrogens with one attached hydrogen (secondary N) is 2. The largest absolute Gasteiger partial charge is 0.370 e. The van der Waals surface area contributed by atoms with Gasteiger partial charge in [-0.15, -0.1) is 0 Å². The third-order valence-corrected chi connectivity index (χ3v) is 3.40. The first-order chi connectivity index (χ1) is 10.7. The second kappa shape index (κ2) is 6.39. The quantitative estimate of drug-likeness (QED) is 0.915. The maximum absolute atomic E-state index is 13.1. The molecule has 112 valence electrons. The van der Waals surface area contributed by atoms with Crippen LogP contribution in [0.2, 0.25) is 0 Å². The zero-order valence-corrected chi connectivity index (χ0v) is 12.0. The average molecular weight is 297 g/mol. The lowest BCUT2D eigenvalue weighted by Crippen LogP contribution is -2.30. The van der Waals surface area contributed by atoms with Crippen LogP contribution in [0.15, 0.2) is 53.5 Å². The fourth-order valence-electron chi connectivity index (χ4n) is 2.27. The molecule has 0 radical (unpaired) electrons. The molecule has 5 heteroatoms. The van der Waals surface area contributed by atoms with Gasteiger partial charge in [-0.3, -0.25) is 9.79 Å². The summed E-state index contributed by atoms with van der Waals surface area (Å²) in [6.07, 6.45) is 1.05. The number of hydrogen-bond donors (Lipinski definition) is 2. The van der Waals surface area contributed by atoms with Gasteiger partial charge in [0.25, 0.3) is 5.91 Å². The molecule has 3 rings (SSSR count). The van der Waals surface area contributed by atoms with Crippen LogP contribution in [0.3, 0.4) is 0 Å². The Hall–Kier alpha value is -2.69. The fraction of sp³-hybridized carbons (Fsp3) is 0.176. The Morgan fingerprint density at radius 2 is 2.00 bits per heavy atom. The van der Waals surface area contributed by atoms with Gasteiger partial charge in [-0.25, -0.2) is 4.39 Å². The van der Waals surface area contributed by atoms with Gasteiger partial charge in [0.2, 0.25) is 0 Å². The van der Waals surface area contributed by atoms with E-state index in [0.29, 0.717) is 11.3 Å². The van der Waals surface area contributed by atoms with E-state index in [9.17, 15) is 9.18 Å². The molecule has 0 unspecified atom stereocenters. The van der Waals surface area contributed by atoms with Gasteiger partial charge in [-0.2, -0.15) is 0 Å². The summed E-state index contributed by atoms with van der Waals surface area (Å²) in [6, 6.07) is 13.0. The van der Waals surface area contributed by atoms with Crippen molar-refractivity contribution >= 4 is 17.4 Å². The summed E-state index contributed by atoms with van der Waals surface area (Å²) in [6.45, 7) is 1.76. The van der Waals surface area contributed by atoms with E-state index in [1.54, 1.807) is 6.07 Å². The van der Waals surface area contributed by atoms with Crippen LogP contribution < -0.4 is 10.6 Å². The number of carbonyl (C=O) groups is 1. The van der Waals surface area contributed by atoms with E-state index in [-0.39, 0.29) is 5.91 Å². The number of aliphatic imine (C=N–C) groups is 1. The summed E-state index contributed by atoms with van der Waals surface area (Å²) < 4.78 is 13.1. The molecule has 2 aromatic carbocycles. The minimum absolute atomic E-state index is 0.294. The number of amidine groups is 1. The molecular weight excluding hydrogens is 281 g/mol. The number of rotatable bonds is 3. The van der Waals surface area contributed by atoms with Crippen molar-refractivity contribution in [3.05, 3.63) is 65.5 Å². The molecule has 0 saturated carbocycles. The summed E-state index contributed by atoms with van der Waals surface area (Å²) >= 11 is 0. The molecule has 2 N–H and O–H groups in total. The number of benzene rings is 2. The van der Waals surface area contributed by atoms with Crippen molar-refractivity contribution in [3.63, 3.8) is 0 Å². The van der Waals surface area contributed by atoms with E-state index in [1.807, 2.05) is 24.3 Å². The van der Waals surface area contributed by atoms with Crippen LogP contribution in [0, 0.1) is 5.82 Å². The lowest BCUT2D eigenvalue weighted by atomic mass is 10.1. The van der Waals surface area contributed by atoms with Crippen molar-refractivity contribution in [2.45, 2.75) is 6.42 Å². The van der Waals surface area contributed by atoms with Crippen molar-refractivity contribution in [2.24, 2.45) is 4.99 Å². The van der Waals surface area contributed by atoms with Crippen molar-refractivity contribution in [3.8, 4) is 0 Å². The second-order valence-electron chi connectivity index (χ2n) is 5.05. The second-order valence-corrected chi connectivity index (χ2v) is 5.05. The monoisotopic (exact) mass is 297 g/mol. The Bertz CT molecular complexity index is 710. The molecule has 1 heterocycles. The minimum atomic E-state index is -0.426. The highest BCUT2D eigenvalue weighted by Gasteiger charge is 2.09. The van der Waals surface area contributed by atoms with Gasteiger partial charge in [0.15, 0.2) is 0 Å². The molecular formula is C17H16FN3O. The van der Waals surface area contributed by atoms with Crippen LogP contribution in [0.25, 0.3) is 0 Å². The number of carbonyl (C=O) groups excluding carboxylic acids is 1. The summed E-state index contributed by atoms with van der Waals surface area (Å²) in [5, 5.41) is 6.00. The molecule has 0 spiro atoms. The number of halogens is 1. The molecule has 0 aromatic heterocycles. The summed E-state index contributed by atoms with van der Waals surface area (Å²) in [7, 11) is 0. The SMILES string of the molecule is O=C(Nc1ccc(C2=NCCCN2)cc1)c1cccc(F)c1. The number of anilines is 1. The van der Waals surface area contributed by atoms with Gasteiger partial charge in [0.05, 0.1) is 0 Å². The highest BCUT2D eigenvalue weighted by molar-refractivity contribution is 6.05. The van der Waals surface area contributed by atoms with Crippen molar-refractivity contribution < 1.29 is 9.18 Å². The topological polar surface area (TPSA) is 53.5 Å². The standard InChI is InChI=1S/C17H16FN3O/c18-14-4-1-3-13(11-14)17(22)21-15-7-5-12(6-8-15)16-19-9-2-10-20-16/h1,3-8,11H,2,9-10H2,(H,19,20)(H,21,22). The average Bonchev–Trinajstić information content (AvgIpc) is 2.56. The Morgan fingerprint density at radius 1 is 1.18 bits per heavy atom. The van der Waals surface area contributed by atoms with E-state index in [1.165, 1.54) is 18.2 Å². The Balaban J connectivity index is 1.71. The maximum Gasteiger partial charge on any atom is 0.255 e. The molecule has 1 aliphatic rings. The fourth-order valence-corrected chi connectivity index (χ4v) is 2.27. The number of amides is 1. The molecule has 0 bridgehead atoms. The zero-order valence-electron chi connectivity index (χ0n) is 12.0. The molecule has 0 atom stereocenters. The van der Waals surface area contributed by atoms with E-state index < -0.39 is 5.82 Å². The van der Waals surface area contributed by atoms with E-state index in [0.717, 1.165) is 30.9 Å². The predicted molar refractivity (Wildman–Crippen MR) is 84.8 cm³/mol.